The lowest BCUT2D eigenvalue weighted by Crippen LogP contribution is -2.24. The van der Waals surface area contributed by atoms with Crippen LogP contribution in [0.25, 0.3) is 0 Å². The molecule has 0 aliphatic heterocycles. The van der Waals surface area contributed by atoms with E-state index >= 15 is 0 Å². The highest BCUT2D eigenvalue weighted by atomic mass is 32.2. The predicted molar refractivity (Wildman–Crippen MR) is 125 cm³/mol. The van der Waals surface area contributed by atoms with Crippen LogP contribution in [0.15, 0.2) is 77.7 Å². The first kappa shape index (κ1) is 22.6. The van der Waals surface area contributed by atoms with E-state index in [4.69, 9.17) is 0 Å². The van der Waals surface area contributed by atoms with Crippen molar-refractivity contribution in [1.29, 1.82) is 0 Å². The fourth-order valence-electron chi connectivity index (χ4n) is 3.22. The Morgan fingerprint density at radius 1 is 0.903 bits per heavy atom. The third-order valence-corrected chi connectivity index (χ3v) is 6.46. The van der Waals surface area contributed by atoms with E-state index in [-0.39, 0.29) is 10.8 Å². The molecule has 0 heterocycles. The SMILES string of the molecule is CCCCc1ccc(NS(=O)(=O)c2ccc(C)c(C(=O)NCc3ccccc3)c2)cc1. The topological polar surface area (TPSA) is 75.3 Å². The molecule has 0 atom stereocenters. The summed E-state index contributed by atoms with van der Waals surface area (Å²) < 4.78 is 28.4. The van der Waals surface area contributed by atoms with Crippen LogP contribution in [0, 0.1) is 6.92 Å². The zero-order chi connectivity index (χ0) is 22.3. The molecule has 0 fully saturated rings. The normalized spacial score (nSPS) is 11.2. The minimum absolute atomic E-state index is 0.0537. The van der Waals surface area contributed by atoms with Crippen LogP contribution < -0.4 is 10.0 Å². The van der Waals surface area contributed by atoms with Gasteiger partial charge in [0, 0.05) is 17.8 Å². The van der Waals surface area contributed by atoms with Crippen LogP contribution in [0.1, 0.15) is 46.8 Å². The Morgan fingerprint density at radius 3 is 2.29 bits per heavy atom. The van der Waals surface area contributed by atoms with Crippen molar-refractivity contribution in [2.24, 2.45) is 0 Å². The lowest BCUT2D eigenvalue weighted by molar-refractivity contribution is 0.0950. The Bertz CT molecular complexity index is 1130. The largest absolute Gasteiger partial charge is 0.348 e. The summed E-state index contributed by atoms with van der Waals surface area (Å²) in [5.74, 6) is -0.307. The highest BCUT2D eigenvalue weighted by molar-refractivity contribution is 7.92. The molecule has 31 heavy (non-hydrogen) atoms. The van der Waals surface area contributed by atoms with Crippen LogP contribution in [0.3, 0.4) is 0 Å². The van der Waals surface area contributed by atoms with Crippen LogP contribution in [0.4, 0.5) is 5.69 Å². The number of rotatable bonds is 9. The molecular weight excluding hydrogens is 408 g/mol. The van der Waals surface area contributed by atoms with E-state index in [9.17, 15) is 13.2 Å². The molecule has 3 aromatic rings. The van der Waals surface area contributed by atoms with E-state index < -0.39 is 10.0 Å². The summed E-state index contributed by atoms with van der Waals surface area (Å²) in [6, 6.07) is 21.6. The number of nitrogens with one attached hydrogen (secondary N) is 2. The van der Waals surface area contributed by atoms with Gasteiger partial charge >= 0.3 is 0 Å². The molecule has 0 saturated heterocycles. The van der Waals surface area contributed by atoms with Gasteiger partial charge in [-0.05, 0) is 60.7 Å². The third kappa shape index (κ3) is 6.18. The van der Waals surface area contributed by atoms with Crippen molar-refractivity contribution >= 4 is 21.6 Å². The monoisotopic (exact) mass is 436 g/mol. The van der Waals surface area contributed by atoms with Crippen molar-refractivity contribution < 1.29 is 13.2 Å². The van der Waals surface area contributed by atoms with Gasteiger partial charge in [0.2, 0.25) is 0 Å². The second-order valence-electron chi connectivity index (χ2n) is 7.55. The fraction of sp³-hybridized carbons (Fsp3) is 0.240. The van der Waals surface area contributed by atoms with Gasteiger partial charge < -0.3 is 5.32 Å². The average molecular weight is 437 g/mol. The molecule has 6 heteroatoms. The maximum absolute atomic E-state index is 12.9. The molecule has 0 radical (unpaired) electrons. The zero-order valence-electron chi connectivity index (χ0n) is 17.9. The maximum Gasteiger partial charge on any atom is 0.261 e. The molecule has 0 aromatic heterocycles. The second kappa shape index (κ2) is 10.3. The van der Waals surface area contributed by atoms with Crippen LogP contribution in [-0.4, -0.2) is 14.3 Å². The smallest absolute Gasteiger partial charge is 0.261 e. The van der Waals surface area contributed by atoms with Crippen molar-refractivity contribution in [1.82, 2.24) is 5.32 Å². The molecule has 0 aliphatic rings. The summed E-state index contributed by atoms with van der Waals surface area (Å²) in [4.78, 5) is 12.7. The number of hydrogen-bond donors (Lipinski definition) is 2. The van der Waals surface area contributed by atoms with E-state index in [1.165, 1.54) is 17.7 Å². The molecule has 3 aromatic carbocycles. The number of benzene rings is 3. The first-order chi connectivity index (χ1) is 14.9. The summed E-state index contributed by atoms with van der Waals surface area (Å²) in [7, 11) is -3.81. The van der Waals surface area contributed by atoms with E-state index in [1.807, 2.05) is 42.5 Å². The molecule has 0 unspecified atom stereocenters. The lowest BCUT2D eigenvalue weighted by Gasteiger charge is -2.12. The van der Waals surface area contributed by atoms with Crippen LogP contribution in [0.5, 0.6) is 0 Å². The fourth-order valence-corrected chi connectivity index (χ4v) is 4.31. The first-order valence-corrected chi connectivity index (χ1v) is 11.9. The Balaban J connectivity index is 1.73. The molecule has 3 rings (SSSR count). The minimum atomic E-state index is -3.81. The zero-order valence-corrected chi connectivity index (χ0v) is 18.7. The Morgan fingerprint density at radius 2 is 1.61 bits per heavy atom. The summed E-state index contributed by atoms with van der Waals surface area (Å²) in [5, 5.41) is 2.85. The van der Waals surface area contributed by atoms with Crippen molar-refractivity contribution in [3.05, 3.63) is 95.1 Å². The summed E-state index contributed by atoms with van der Waals surface area (Å²) >= 11 is 0. The Kier molecular flexibility index (Phi) is 7.47. The molecule has 5 nitrogen and oxygen atoms in total. The summed E-state index contributed by atoms with van der Waals surface area (Å²) in [5.41, 5.74) is 3.70. The average Bonchev–Trinajstić information content (AvgIpc) is 2.77. The molecule has 162 valence electrons. The highest BCUT2D eigenvalue weighted by Gasteiger charge is 2.18. The van der Waals surface area contributed by atoms with Crippen molar-refractivity contribution in [3.63, 3.8) is 0 Å². The van der Waals surface area contributed by atoms with Gasteiger partial charge in [-0.15, -0.1) is 0 Å². The molecule has 0 spiro atoms. The number of amides is 1. The Labute approximate surface area is 184 Å². The molecule has 0 saturated carbocycles. The number of aryl methyl sites for hydroxylation is 2. The van der Waals surface area contributed by atoms with Gasteiger partial charge in [-0.1, -0.05) is 61.9 Å². The van der Waals surface area contributed by atoms with Crippen molar-refractivity contribution in [3.8, 4) is 0 Å². The highest BCUT2D eigenvalue weighted by Crippen LogP contribution is 2.20. The number of carbonyl (C=O) groups is 1. The molecule has 0 aliphatic carbocycles. The van der Waals surface area contributed by atoms with Gasteiger partial charge in [-0.2, -0.15) is 0 Å². The summed E-state index contributed by atoms with van der Waals surface area (Å²) in [6.07, 6.45) is 3.19. The molecular formula is C25H28N2O3S. The van der Waals surface area contributed by atoms with E-state index in [2.05, 4.69) is 17.0 Å². The van der Waals surface area contributed by atoms with Crippen LogP contribution in [0.2, 0.25) is 0 Å². The maximum atomic E-state index is 12.9. The van der Waals surface area contributed by atoms with Gasteiger partial charge in [-0.3, -0.25) is 9.52 Å². The van der Waals surface area contributed by atoms with Crippen molar-refractivity contribution in [2.45, 2.75) is 44.6 Å². The predicted octanol–water partition coefficient (Wildman–Crippen LogP) is 5.07. The number of hydrogen-bond acceptors (Lipinski definition) is 3. The van der Waals surface area contributed by atoms with Gasteiger partial charge in [0.25, 0.3) is 15.9 Å². The van der Waals surface area contributed by atoms with Gasteiger partial charge in [0.05, 0.1) is 4.90 Å². The van der Waals surface area contributed by atoms with Gasteiger partial charge in [0.1, 0.15) is 0 Å². The number of carbonyl (C=O) groups excluding carboxylic acids is 1. The van der Waals surface area contributed by atoms with E-state index in [0.717, 1.165) is 24.8 Å². The minimum Gasteiger partial charge on any atom is -0.348 e. The second-order valence-corrected chi connectivity index (χ2v) is 9.23. The van der Waals surface area contributed by atoms with Gasteiger partial charge in [-0.25, -0.2) is 8.42 Å². The van der Waals surface area contributed by atoms with E-state index in [0.29, 0.717) is 23.4 Å². The Hall–Kier alpha value is -3.12. The number of unbranched alkanes of at least 4 members (excludes halogenated alkanes) is 1. The van der Waals surface area contributed by atoms with Crippen molar-refractivity contribution in [2.75, 3.05) is 4.72 Å². The standard InChI is InChI=1S/C25H28N2O3S/c1-3-4-8-20-12-14-22(15-13-20)27-31(29,30)23-16-11-19(2)24(17-23)25(28)26-18-21-9-6-5-7-10-21/h5-7,9-17,27H,3-4,8,18H2,1-2H3,(H,26,28). The number of sulfonamides is 1. The molecule has 2 N–H and O–H groups in total. The number of anilines is 1. The molecule has 1 amide bonds. The summed E-state index contributed by atoms with van der Waals surface area (Å²) in [6.45, 7) is 4.30. The first-order valence-electron chi connectivity index (χ1n) is 10.4. The van der Waals surface area contributed by atoms with E-state index in [1.54, 1.807) is 25.1 Å². The lowest BCUT2D eigenvalue weighted by atomic mass is 10.1. The molecule has 0 bridgehead atoms. The quantitative estimate of drug-likeness (QED) is 0.492. The van der Waals surface area contributed by atoms with Crippen LogP contribution >= 0.6 is 0 Å². The van der Waals surface area contributed by atoms with Gasteiger partial charge in [0.15, 0.2) is 0 Å². The third-order valence-electron chi connectivity index (χ3n) is 5.09. The van der Waals surface area contributed by atoms with Crippen LogP contribution in [-0.2, 0) is 23.0 Å².